The maximum absolute atomic E-state index is 3.77. The predicted molar refractivity (Wildman–Crippen MR) is 124 cm³/mol. The summed E-state index contributed by atoms with van der Waals surface area (Å²) in [6.45, 7) is 11.9. The molecular weight excluding hydrogens is 352 g/mol. The van der Waals surface area contributed by atoms with Crippen LogP contribution >= 0.6 is 23.5 Å². The van der Waals surface area contributed by atoms with Crippen LogP contribution in [0.2, 0.25) is 0 Å². The highest BCUT2D eigenvalue weighted by atomic mass is 32.2. The highest BCUT2D eigenvalue weighted by Gasteiger charge is 1.97. The smallest absolute Gasteiger partial charge is 0.0184 e. The van der Waals surface area contributed by atoms with Crippen molar-refractivity contribution in [3.05, 3.63) is 97.1 Å². The summed E-state index contributed by atoms with van der Waals surface area (Å²) < 4.78 is 0. The average Bonchev–Trinajstić information content (AvgIpc) is 2.70. The summed E-state index contributed by atoms with van der Waals surface area (Å²) in [5.74, 6) is 5.79. The summed E-state index contributed by atoms with van der Waals surface area (Å²) in [6, 6.07) is 21.2. The molecule has 0 aliphatic rings. The van der Waals surface area contributed by atoms with Gasteiger partial charge in [0.05, 0.1) is 0 Å². The van der Waals surface area contributed by atoms with Crippen LogP contribution in [0.15, 0.2) is 86.0 Å². The van der Waals surface area contributed by atoms with Crippen molar-refractivity contribution in [1.82, 2.24) is 0 Å². The summed E-state index contributed by atoms with van der Waals surface area (Å²) in [6.07, 6.45) is 4.02. The summed E-state index contributed by atoms with van der Waals surface area (Å²) in [4.78, 5) is 0. The van der Waals surface area contributed by atoms with Crippen LogP contribution < -0.4 is 0 Å². The Hall–Kier alpha value is -1.38. The van der Waals surface area contributed by atoms with Gasteiger partial charge in [0.1, 0.15) is 0 Å². The van der Waals surface area contributed by atoms with Gasteiger partial charge in [0.25, 0.3) is 0 Å². The minimum absolute atomic E-state index is 0.619. The summed E-state index contributed by atoms with van der Waals surface area (Å²) in [5.41, 5.74) is 2.81. The topological polar surface area (TPSA) is 0 Å². The molecule has 0 unspecified atom stereocenters. The lowest BCUT2D eigenvalue weighted by atomic mass is 10.2. The van der Waals surface area contributed by atoms with Crippen LogP contribution in [0.25, 0.3) is 0 Å². The number of hydrogen-bond acceptors (Lipinski definition) is 2. The van der Waals surface area contributed by atoms with Gasteiger partial charge in [-0.05, 0) is 34.5 Å². The van der Waals surface area contributed by atoms with Crippen LogP contribution in [0.5, 0.6) is 0 Å². The third kappa shape index (κ3) is 11.3. The molecule has 2 heteroatoms. The first-order valence-corrected chi connectivity index (χ1v) is 11.4. The van der Waals surface area contributed by atoms with Gasteiger partial charge in [-0.1, -0.05) is 86.7 Å². The molecular formula is C24H32S2. The normalized spacial score (nSPS) is 12.4. The lowest BCUT2D eigenvalue weighted by Gasteiger charge is -2.04. The maximum Gasteiger partial charge on any atom is 0.0184 e. The van der Waals surface area contributed by atoms with E-state index in [9.17, 15) is 0 Å². The molecule has 140 valence electrons. The minimum Gasteiger partial charge on any atom is -0.157 e. The van der Waals surface area contributed by atoms with Gasteiger partial charge in [-0.15, -0.1) is 13.2 Å². The largest absolute Gasteiger partial charge is 0.157 e. The number of hydrogen-bond donors (Lipinski definition) is 0. The third-order valence-electron chi connectivity index (χ3n) is 3.79. The molecule has 0 N–H and O–H groups in total. The van der Waals surface area contributed by atoms with Crippen molar-refractivity contribution in [1.29, 1.82) is 0 Å². The Labute approximate surface area is 169 Å². The second-order valence-electron chi connectivity index (χ2n) is 6.43. The van der Waals surface area contributed by atoms with E-state index in [1.165, 1.54) is 22.6 Å². The Morgan fingerprint density at radius 3 is 1.35 bits per heavy atom. The molecule has 0 amide bonds. The molecule has 0 spiro atoms. The molecule has 0 heterocycles. The first kappa shape index (κ1) is 22.7. The van der Waals surface area contributed by atoms with E-state index in [1.807, 2.05) is 35.7 Å². The Morgan fingerprint density at radius 2 is 1.04 bits per heavy atom. The molecule has 2 atom stereocenters. The van der Waals surface area contributed by atoms with Gasteiger partial charge < -0.3 is 0 Å². The third-order valence-corrected chi connectivity index (χ3v) is 6.39. The number of thioether (sulfide) groups is 2. The molecule has 2 aromatic rings. The number of allylic oxidation sites excluding steroid dienone is 2. The molecule has 0 saturated carbocycles. The zero-order valence-corrected chi connectivity index (χ0v) is 17.8. The van der Waals surface area contributed by atoms with Crippen LogP contribution in [0.3, 0.4) is 0 Å². The van der Waals surface area contributed by atoms with Crippen molar-refractivity contribution in [2.24, 2.45) is 11.8 Å². The van der Waals surface area contributed by atoms with Gasteiger partial charge in [-0.3, -0.25) is 0 Å². The zero-order chi connectivity index (χ0) is 19.0. The Balaban J connectivity index is 0.000000260. The maximum atomic E-state index is 3.77. The predicted octanol–water partition coefficient (Wildman–Crippen LogP) is 7.48. The molecule has 0 aromatic heterocycles. The first-order valence-electron chi connectivity index (χ1n) is 9.14. The van der Waals surface area contributed by atoms with E-state index in [1.54, 1.807) is 0 Å². The molecule has 2 rings (SSSR count). The highest BCUT2D eigenvalue weighted by Crippen LogP contribution is 2.16. The van der Waals surface area contributed by atoms with Gasteiger partial charge in [0, 0.05) is 11.5 Å². The Bertz CT molecular complexity index is 537. The van der Waals surface area contributed by atoms with E-state index >= 15 is 0 Å². The fourth-order valence-corrected chi connectivity index (χ4v) is 4.12. The van der Waals surface area contributed by atoms with Crippen molar-refractivity contribution in [2.45, 2.75) is 25.4 Å². The van der Waals surface area contributed by atoms with Crippen LogP contribution in [0, 0.1) is 11.8 Å². The van der Waals surface area contributed by atoms with Crippen LogP contribution in [0.4, 0.5) is 0 Å². The van der Waals surface area contributed by atoms with Gasteiger partial charge in [-0.25, -0.2) is 0 Å². The second kappa shape index (κ2) is 14.8. The van der Waals surface area contributed by atoms with Crippen LogP contribution in [0.1, 0.15) is 25.0 Å². The van der Waals surface area contributed by atoms with E-state index in [-0.39, 0.29) is 0 Å². The monoisotopic (exact) mass is 384 g/mol. The van der Waals surface area contributed by atoms with E-state index < -0.39 is 0 Å². The van der Waals surface area contributed by atoms with E-state index in [0.717, 1.165) is 11.5 Å². The van der Waals surface area contributed by atoms with E-state index in [4.69, 9.17) is 0 Å². The molecule has 0 nitrogen and oxygen atoms in total. The van der Waals surface area contributed by atoms with Crippen molar-refractivity contribution < 1.29 is 0 Å². The first-order chi connectivity index (χ1) is 12.7. The zero-order valence-electron chi connectivity index (χ0n) is 16.1. The minimum atomic E-state index is 0.619. The molecule has 0 aliphatic carbocycles. The lowest BCUT2D eigenvalue weighted by molar-refractivity contribution is 0.849. The standard InChI is InChI=1S/2C12H16S/c2*1-3-11(2)9-13-10-12-7-5-4-6-8-12/h2*3-8,11H,1,9-10H2,2H3/t2*11-/m10/s1. The fourth-order valence-electron chi connectivity index (χ4n) is 2.01. The summed E-state index contributed by atoms with van der Waals surface area (Å²) >= 11 is 3.94. The average molecular weight is 385 g/mol. The quantitative estimate of drug-likeness (QED) is 0.389. The molecule has 26 heavy (non-hydrogen) atoms. The van der Waals surface area contributed by atoms with Gasteiger partial charge in [0.2, 0.25) is 0 Å². The molecule has 0 fully saturated rings. The SMILES string of the molecule is C=C[C@@H](C)CSCc1ccccc1.C=C[C@H](C)CSCc1ccccc1. The van der Waals surface area contributed by atoms with E-state index in [2.05, 4.69) is 87.7 Å². The number of rotatable bonds is 10. The second-order valence-corrected chi connectivity index (χ2v) is 8.49. The van der Waals surface area contributed by atoms with Crippen molar-refractivity contribution in [3.63, 3.8) is 0 Å². The molecule has 0 saturated heterocycles. The van der Waals surface area contributed by atoms with Crippen LogP contribution in [-0.4, -0.2) is 11.5 Å². The van der Waals surface area contributed by atoms with Crippen molar-refractivity contribution >= 4 is 23.5 Å². The summed E-state index contributed by atoms with van der Waals surface area (Å²) in [7, 11) is 0. The van der Waals surface area contributed by atoms with Gasteiger partial charge >= 0.3 is 0 Å². The number of benzene rings is 2. The Morgan fingerprint density at radius 1 is 0.692 bits per heavy atom. The molecule has 2 aromatic carbocycles. The van der Waals surface area contributed by atoms with Gasteiger partial charge in [0.15, 0.2) is 0 Å². The highest BCUT2D eigenvalue weighted by molar-refractivity contribution is 7.98. The van der Waals surface area contributed by atoms with Crippen molar-refractivity contribution in [2.75, 3.05) is 11.5 Å². The van der Waals surface area contributed by atoms with Crippen molar-refractivity contribution in [3.8, 4) is 0 Å². The fraction of sp³-hybridized carbons (Fsp3) is 0.333. The van der Waals surface area contributed by atoms with Gasteiger partial charge in [-0.2, -0.15) is 23.5 Å². The van der Waals surface area contributed by atoms with E-state index in [0.29, 0.717) is 11.8 Å². The molecule has 0 aliphatic heterocycles. The Kier molecular flexibility index (Phi) is 12.9. The van der Waals surface area contributed by atoms with Crippen LogP contribution in [-0.2, 0) is 11.5 Å². The molecule has 0 radical (unpaired) electrons. The molecule has 0 bridgehead atoms. The lowest BCUT2D eigenvalue weighted by Crippen LogP contribution is -1.92. The summed E-state index contributed by atoms with van der Waals surface area (Å²) in [5, 5.41) is 0.